The number of amides is 1. The fourth-order valence-electron chi connectivity index (χ4n) is 4.06. The molecule has 7 heteroatoms. The van der Waals surface area contributed by atoms with Crippen molar-refractivity contribution in [1.82, 2.24) is 4.90 Å². The number of likely N-dealkylation sites (tertiary alicyclic amines) is 1. The minimum atomic E-state index is -0.0304. The molecular formula is C23H24Cl3N3O. The maximum Gasteiger partial charge on any atom is 0.225 e. The predicted molar refractivity (Wildman–Crippen MR) is 123 cm³/mol. The summed E-state index contributed by atoms with van der Waals surface area (Å²) in [6.45, 7) is 5.34. The molecule has 0 aromatic heterocycles. The van der Waals surface area contributed by atoms with E-state index in [2.05, 4.69) is 24.8 Å². The van der Waals surface area contributed by atoms with E-state index in [0.29, 0.717) is 40.1 Å². The van der Waals surface area contributed by atoms with Crippen LogP contribution < -0.4 is 4.90 Å². The lowest BCUT2D eigenvalue weighted by molar-refractivity contribution is -0.129. The number of nitriles is 1. The van der Waals surface area contributed by atoms with E-state index in [-0.39, 0.29) is 18.0 Å². The van der Waals surface area contributed by atoms with Crippen LogP contribution in [0.1, 0.15) is 44.2 Å². The first-order valence-corrected chi connectivity index (χ1v) is 11.2. The first-order chi connectivity index (χ1) is 14.4. The van der Waals surface area contributed by atoms with Crippen LogP contribution in [0.15, 0.2) is 36.4 Å². The fourth-order valence-corrected chi connectivity index (χ4v) is 4.64. The van der Waals surface area contributed by atoms with Gasteiger partial charge in [-0.05, 0) is 54.8 Å². The van der Waals surface area contributed by atoms with Crippen LogP contribution in [0, 0.1) is 11.3 Å². The van der Waals surface area contributed by atoms with E-state index in [1.54, 1.807) is 24.3 Å². The maximum absolute atomic E-state index is 12.8. The first-order valence-electron chi connectivity index (χ1n) is 10.1. The Morgan fingerprint density at radius 3 is 2.50 bits per heavy atom. The minimum absolute atomic E-state index is 0.0304. The summed E-state index contributed by atoms with van der Waals surface area (Å²) < 4.78 is 0. The van der Waals surface area contributed by atoms with Crippen molar-refractivity contribution < 1.29 is 4.79 Å². The summed E-state index contributed by atoms with van der Waals surface area (Å²) in [6.07, 6.45) is 2.28. The lowest BCUT2D eigenvalue weighted by atomic mass is 10.1. The zero-order chi connectivity index (χ0) is 21.8. The van der Waals surface area contributed by atoms with Crippen molar-refractivity contribution in [3.63, 3.8) is 0 Å². The number of carbonyl (C=O) groups excluding carboxylic acids is 1. The summed E-state index contributed by atoms with van der Waals surface area (Å²) in [4.78, 5) is 16.9. The number of halogens is 3. The molecule has 3 rings (SSSR count). The standard InChI is InChI=1S/C23H24Cl3N3O/c1-3-18(4-2)29-14-20(11-23(29)30)28(13-16-9-17(24)6-8-21(16)25)19-7-5-15(12-27)22(26)10-19/h5-10,18,20H,3-4,11,13-14H2,1-2H3/t20-/m0/s1. The van der Waals surface area contributed by atoms with Gasteiger partial charge in [-0.3, -0.25) is 4.79 Å². The van der Waals surface area contributed by atoms with E-state index < -0.39 is 0 Å². The Balaban J connectivity index is 1.98. The second-order valence-electron chi connectivity index (χ2n) is 7.51. The third-order valence-corrected chi connectivity index (χ3v) is 6.63. The highest BCUT2D eigenvalue weighted by Gasteiger charge is 2.36. The molecule has 1 aliphatic rings. The summed E-state index contributed by atoms with van der Waals surface area (Å²) >= 11 is 19.0. The number of hydrogen-bond acceptors (Lipinski definition) is 3. The zero-order valence-corrected chi connectivity index (χ0v) is 19.3. The molecule has 1 amide bonds. The Hall–Kier alpha value is -1.93. The highest BCUT2D eigenvalue weighted by Crippen LogP contribution is 2.32. The molecule has 30 heavy (non-hydrogen) atoms. The summed E-state index contributed by atoms with van der Waals surface area (Å²) in [5.74, 6) is 0.163. The fraction of sp³-hybridized carbons (Fsp3) is 0.391. The summed E-state index contributed by atoms with van der Waals surface area (Å²) in [5, 5.41) is 10.8. The Kier molecular flexibility index (Phi) is 7.52. The molecule has 2 aromatic carbocycles. The van der Waals surface area contributed by atoms with Gasteiger partial charge < -0.3 is 9.80 Å². The average molecular weight is 465 g/mol. The Morgan fingerprint density at radius 2 is 1.87 bits per heavy atom. The molecule has 0 radical (unpaired) electrons. The van der Waals surface area contributed by atoms with Crippen LogP contribution in [-0.2, 0) is 11.3 Å². The number of carbonyl (C=O) groups is 1. The monoisotopic (exact) mass is 463 g/mol. The lowest BCUT2D eigenvalue weighted by Crippen LogP contribution is -2.40. The molecule has 0 N–H and O–H groups in total. The molecule has 1 atom stereocenters. The molecule has 1 fully saturated rings. The van der Waals surface area contributed by atoms with Gasteiger partial charge in [0.05, 0.1) is 16.6 Å². The van der Waals surface area contributed by atoms with E-state index in [4.69, 9.17) is 34.8 Å². The topological polar surface area (TPSA) is 47.3 Å². The average Bonchev–Trinajstić information content (AvgIpc) is 3.10. The predicted octanol–water partition coefficient (Wildman–Crippen LogP) is 6.31. The summed E-state index contributed by atoms with van der Waals surface area (Å²) in [5.41, 5.74) is 2.14. The van der Waals surface area contributed by atoms with E-state index >= 15 is 0 Å². The summed E-state index contributed by atoms with van der Waals surface area (Å²) in [7, 11) is 0. The van der Waals surface area contributed by atoms with E-state index in [1.165, 1.54) is 0 Å². The minimum Gasteiger partial charge on any atom is -0.362 e. The SMILES string of the molecule is CCC(CC)N1C[C@@H](N(Cc2cc(Cl)ccc2Cl)c2ccc(C#N)c(Cl)c2)CC1=O. The van der Waals surface area contributed by atoms with Crippen molar-refractivity contribution in [2.45, 2.75) is 51.7 Å². The zero-order valence-electron chi connectivity index (χ0n) is 17.0. The van der Waals surface area contributed by atoms with Crippen LogP contribution in [0.3, 0.4) is 0 Å². The van der Waals surface area contributed by atoms with Crippen LogP contribution in [0.25, 0.3) is 0 Å². The largest absolute Gasteiger partial charge is 0.362 e. The molecule has 0 aliphatic carbocycles. The van der Waals surface area contributed by atoms with Crippen LogP contribution in [0.4, 0.5) is 5.69 Å². The lowest BCUT2D eigenvalue weighted by Gasteiger charge is -2.33. The number of benzene rings is 2. The number of nitrogens with zero attached hydrogens (tertiary/aromatic N) is 3. The third kappa shape index (κ3) is 4.86. The molecule has 0 bridgehead atoms. The van der Waals surface area contributed by atoms with Crippen molar-refractivity contribution in [3.05, 3.63) is 62.6 Å². The quantitative estimate of drug-likeness (QED) is 0.482. The Labute approximate surface area is 192 Å². The Morgan fingerprint density at radius 1 is 1.13 bits per heavy atom. The number of rotatable bonds is 7. The molecule has 0 spiro atoms. The maximum atomic E-state index is 12.8. The first kappa shape index (κ1) is 22.7. The smallest absolute Gasteiger partial charge is 0.225 e. The molecule has 1 aliphatic heterocycles. The normalized spacial score (nSPS) is 16.2. The van der Waals surface area contributed by atoms with E-state index in [9.17, 15) is 10.1 Å². The van der Waals surface area contributed by atoms with Crippen LogP contribution >= 0.6 is 34.8 Å². The van der Waals surface area contributed by atoms with Gasteiger partial charge in [0.25, 0.3) is 0 Å². The van der Waals surface area contributed by atoms with Gasteiger partial charge in [-0.25, -0.2) is 0 Å². The number of anilines is 1. The van der Waals surface area contributed by atoms with Crippen molar-refractivity contribution in [3.8, 4) is 6.07 Å². The van der Waals surface area contributed by atoms with Crippen molar-refractivity contribution in [2.75, 3.05) is 11.4 Å². The van der Waals surface area contributed by atoms with Gasteiger partial charge >= 0.3 is 0 Å². The third-order valence-electron chi connectivity index (χ3n) is 5.72. The van der Waals surface area contributed by atoms with Crippen molar-refractivity contribution in [1.29, 1.82) is 5.26 Å². The van der Waals surface area contributed by atoms with Crippen LogP contribution in [-0.4, -0.2) is 29.4 Å². The van der Waals surface area contributed by atoms with Gasteiger partial charge in [0.2, 0.25) is 5.91 Å². The van der Waals surface area contributed by atoms with Crippen LogP contribution in [0.5, 0.6) is 0 Å². The molecule has 4 nitrogen and oxygen atoms in total. The van der Waals surface area contributed by atoms with Gasteiger partial charge in [0.15, 0.2) is 0 Å². The molecule has 0 saturated carbocycles. The molecule has 158 valence electrons. The van der Waals surface area contributed by atoms with Gasteiger partial charge in [-0.1, -0.05) is 48.7 Å². The highest BCUT2D eigenvalue weighted by molar-refractivity contribution is 6.33. The van der Waals surface area contributed by atoms with Gasteiger partial charge in [0.1, 0.15) is 6.07 Å². The van der Waals surface area contributed by atoms with E-state index in [0.717, 1.165) is 24.1 Å². The number of hydrogen-bond donors (Lipinski definition) is 0. The Bertz CT molecular complexity index is 969. The van der Waals surface area contributed by atoms with Gasteiger partial charge in [-0.15, -0.1) is 0 Å². The second-order valence-corrected chi connectivity index (χ2v) is 8.76. The highest BCUT2D eigenvalue weighted by atomic mass is 35.5. The van der Waals surface area contributed by atoms with Crippen molar-refractivity contribution in [2.24, 2.45) is 0 Å². The summed E-state index contributed by atoms with van der Waals surface area (Å²) in [6, 6.07) is 13.0. The molecule has 1 saturated heterocycles. The van der Waals surface area contributed by atoms with Gasteiger partial charge in [0, 0.05) is 41.3 Å². The second kappa shape index (κ2) is 9.92. The van der Waals surface area contributed by atoms with E-state index in [1.807, 2.05) is 17.0 Å². The molecular weight excluding hydrogens is 441 g/mol. The van der Waals surface area contributed by atoms with Gasteiger partial charge in [-0.2, -0.15) is 5.26 Å². The molecule has 2 aromatic rings. The molecule has 1 heterocycles. The van der Waals surface area contributed by atoms with Crippen molar-refractivity contribution >= 4 is 46.4 Å². The van der Waals surface area contributed by atoms with Crippen LogP contribution in [0.2, 0.25) is 15.1 Å². The molecule has 0 unspecified atom stereocenters.